The van der Waals surface area contributed by atoms with Crippen molar-refractivity contribution >= 4 is 35.9 Å². The number of hydrogen-bond donors (Lipinski definition) is 5. The summed E-state index contributed by atoms with van der Waals surface area (Å²) in [4.78, 5) is 68.9. The van der Waals surface area contributed by atoms with Crippen LogP contribution in [0.2, 0.25) is 0 Å². The van der Waals surface area contributed by atoms with E-state index in [1.54, 1.807) is 12.1 Å². The van der Waals surface area contributed by atoms with Crippen LogP contribution >= 0.6 is 0 Å². The third-order valence-corrected chi connectivity index (χ3v) is 6.99. The zero-order chi connectivity index (χ0) is 36.7. The number of aldehydes is 1. The van der Waals surface area contributed by atoms with Crippen LogP contribution in [0.3, 0.4) is 0 Å². The van der Waals surface area contributed by atoms with Crippen molar-refractivity contribution in [2.24, 2.45) is 0 Å². The van der Waals surface area contributed by atoms with E-state index in [0.29, 0.717) is 51.4 Å². The van der Waals surface area contributed by atoms with E-state index in [4.69, 9.17) is 33.9 Å². The summed E-state index contributed by atoms with van der Waals surface area (Å²) in [6, 6.07) is 5.33. The zero-order valence-corrected chi connectivity index (χ0v) is 28.7. The van der Waals surface area contributed by atoms with Gasteiger partial charge in [-0.1, -0.05) is 32.1 Å². The van der Waals surface area contributed by atoms with E-state index in [-0.39, 0.29) is 76.2 Å². The number of carboxylic acids is 2. The van der Waals surface area contributed by atoms with Gasteiger partial charge in [-0.3, -0.25) is 19.2 Å². The van der Waals surface area contributed by atoms with Gasteiger partial charge in [0.25, 0.3) is 0 Å². The number of rotatable bonds is 33. The maximum atomic E-state index is 12.6. The lowest BCUT2D eigenvalue weighted by Crippen LogP contribution is -2.47. The van der Waals surface area contributed by atoms with E-state index in [1.807, 2.05) is 0 Å². The fraction of sp³-hybridized carbons (Fsp3) is 0.647. The summed E-state index contributed by atoms with van der Waals surface area (Å²) in [5.74, 6) is -2.52. The number of aromatic carboxylic acids is 1. The largest absolute Gasteiger partial charge is 0.494 e. The second-order valence-corrected chi connectivity index (χ2v) is 11.1. The number of hydrogen-bond acceptors (Lipinski definition) is 11. The molecule has 0 bridgehead atoms. The highest BCUT2D eigenvalue weighted by atomic mass is 16.5. The van der Waals surface area contributed by atoms with Gasteiger partial charge in [0.15, 0.2) is 0 Å². The molecular weight excluding hydrogens is 658 g/mol. The SMILES string of the molecule is O=CCOCCOCCNC(=O)COCCOCCNC(=O)[C@H](CCC(=O)O)NC(=O)CCCCCCCCCOc1ccc(C(=O)O)cc1. The molecule has 0 aliphatic heterocycles. The molecule has 3 amide bonds. The van der Waals surface area contributed by atoms with Crippen LogP contribution in [-0.2, 0) is 42.9 Å². The van der Waals surface area contributed by atoms with E-state index < -0.39 is 23.9 Å². The van der Waals surface area contributed by atoms with Crippen LogP contribution in [0.5, 0.6) is 5.75 Å². The lowest BCUT2D eigenvalue weighted by Gasteiger charge is -2.18. The molecule has 5 N–H and O–H groups in total. The quantitative estimate of drug-likeness (QED) is 0.0518. The lowest BCUT2D eigenvalue weighted by molar-refractivity contribution is -0.138. The Balaban J connectivity index is 2.09. The average Bonchev–Trinajstić information content (AvgIpc) is 3.09. The summed E-state index contributed by atoms with van der Waals surface area (Å²) in [6.45, 7) is 2.27. The summed E-state index contributed by atoms with van der Waals surface area (Å²) < 4.78 is 26.4. The van der Waals surface area contributed by atoms with E-state index in [1.165, 1.54) is 12.1 Å². The first-order valence-electron chi connectivity index (χ1n) is 17.0. The molecule has 0 unspecified atom stereocenters. The van der Waals surface area contributed by atoms with Crippen LogP contribution in [0.25, 0.3) is 0 Å². The zero-order valence-electron chi connectivity index (χ0n) is 28.7. The van der Waals surface area contributed by atoms with Crippen molar-refractivity contribution in [1.29, 1.82) is 0 Å². The molecule has 1 atom stereocenters. The molecule has 0 saturated heterocycles. The number of carboxylic acid groups (broad SMARTS) is 2. The molecule has 0 saturated carbocycles. The number of amides is 3. The van der Waals surface area contributed by atoms with Gasteiger partial charge in [-0.15, -0.1) is 0 Å². The third-order valence-electron chi connectivity index (χ3n) is 6.99. The van der Waals surface area contributed by atoms with E-state index >= 15 is 0 Å². The molecule has 1 aromatic rings. The van der Waals surface area contributed by atoms with Crippen molar-refractivity contribution in [3.8, 4) is 5.75 Å². The predicted molar refractivity (Wildman–Crippen MR) is 180 cm³/mol. The number of carbonyl (C=O) groups is 6. The molecule has 0 radical (unpaired) electrons. The van der Waals surface area contributed by atoms with Gasteiger partial charge in [0.05, 0.1) is 51.8 Å². The van der Waals surface area contributed by atoms with Crippen LogP contribution in [0, 0.1) is 0 Å². The number of benzene rings is 1. The first-order chi connectivity index (χ1) is 24.2. The van der Waals surface area contributed by atoms with Crippen molar-refractivity contribution in [1.82, 2.24) is 16.0 Å². The van der Waals surface area contributed by atoms with Crippen molar-refractivity contribution in [3.63, 3.8) is 0 Å². The maximum absolute atomic E-state index is 12.6. The number of nitrogens with one attached hydrogen (secondary N) is 3. The number of ether oxygens (including phenoxy) is 5. The molecule has 0 aromatic heterocycles. The Morgan fingerprint density at radius 2 is 1.26 bits per heavy atom. The second kappa shape index (κ2) is 29.8. The Bertz CT molecular complexity index is 1120. The Morgan fingerprint density at radius 1 is 0.660 bits per heavy atom. The molecule has 0 aliphatic carbocycles. The highest BCUT2D eigenvalue weighted by Gasteiger charge is 2.21. The molecule has 1 rings (SSSR count). The van der Waals surface area contributed by atoms with Crippen molar-refractivity contribution in [3.05, 3.63) is 29.8 Å². The molecule has 0 spiro atoms. The number of carbonyl (C=O) groups excluding carboxylic acids is 4. The van der Waals surface area contributed by atoms with Crippen molar-refractivity contribution in [2.45, 2.75) is 70.3 Å². The first kappa shape index (κ1) is 43.9. The Morgan fingerprint density at radius 3 is 1.90 bits per heavy atom. The summed E-state index contributed by atoms with van der Waals surface area (Å²) in [5.41, 5.74) is 0.217. The van der Waals surface area contributed by atoms with Crippen LogP contribution < -0.4 is 20.7 Å². The molecular formula is C34H53N3O13. The molecule has 16 nitrogen and oxygen atoms in total. The van der Waals surface area contributed by atoms with Crippen molar-refractivity contribution in [2.75, 3.05) is 72.6 Å². The molecule has 0 aliphatic rings. The van der Waals surface area contributed by atoms with E-state index in [9.17, 15) is 28.8 Å². The molecule has 0 heterocycles. The molecule has 282 valence electrons. The summed E-state index contributed by atoms with van der Waals surface area (Å²) in [7, 11) is 0. The molecule has 1 aromatic carbocycles. The standard InChI is InChI=1S/C34H53N3O13/c38-17-21-48-23-22-46-19-15-35-31(40)26-49-25-24-47-20-16-36-33(43)29(13-14-32(41)42)37-30(39)8-6-4-2-1-3-5-7-18-50-28-11-9-27(10-12-28)34(44)45/h9-12,17,29H,1-8,13-16,18-26H2,(H,35,40)(H,36,43)(H,37,39)(H,41,42)(H,44,45)/t29-/m0/s1. The minimum atomic E-state index is -1.07. The minimum Gasteiger partial charge on any atom is -0.494 e. The predicted octanol–water partition coefficient (Wildman–Crippen LogP) is 1.73. The Kier molecular flexibility index (Phi) is 26.1. The first-order valence-corrected chi connectivity index (χ1v) is 17.0. The van der Waals surface area contributed by atoms with E-state index in [0.717, 1.165) is 38.5 Å². The van der Waals surface area contributed by atoms with Gasteiger partial charge in [-0.25, -0.2) is 4.79 Å². The summed E-state index contributed by atoms with van der Waals surface area (Å²) in [5, 5.41) is 25.9. The van der Waals surface area contributed by atoms with Crippen LogP contribution in [0.15, 0.2) is 24.3 Å². The Labute approximate surface area is 292 Å². The van der Waals surface area contributed by atoms with Gasteiger partial charge in [0, 0.05) is 25.9 Å². The van der Waals surface area contributed by atoms with Gasteiger partial charge in [-0.2, -0.15) is 0 Å². The van der Waals surface area contributed by atoms with Gasteiger partial charge < -0.3 is 54.6 Å². The van der Waals surface area contributed by atoms with E-state index in [2.05, 4.69) is 16.0 Å². The minimum absolute atomic E-state index is 0.0206. The normalized spacial score (nSPS) is 11.4. The number of aliphatic carboxylic acids is 1. The number of unbranched alkanes of at least 4 members (excludes halogenated alkanes) is 6. The third kappa shape index (κ3) is 24.9. The lowest BCUT2D eigenvalue weighted by atomic mass is 10.1. The average molecular weight is 712 g/mol. The highest BCUT2D eigenvalue weighted by Crippen LogP contribution is 2.14. The summed E-state index contributed by atoms with van der Waals surface area (Å²) >= 11 is 0. The summed E-state index contributed by atoms with van der Waals surface area (Å²) in [6.07, 6.45) is 6.96. The molecule has 16 heteroatoms. The monoisotopic (exact) mass is 711 g/mol. The van der Waals surface area contributed by atoms with Crippen LogP contribution in [0.4, 0.5) is 0 Å². The molecule has 0 fully saturated rings. The molecule has 50 heavy (non-hydrogen) atoms. The topological polar surface area (TPSA) is 225 Å². The van der Waals surface area contributed by atoms with Gasteiger partial charge in [0.2, 0.25) is 17.7 Å². The maximum Gasteiger partial charge on any atom is 0.335 e. The highest BCUT2D eigenvalue weighted by molar-refractivity contribution is 5.88. The van der Waals surface area contributed by atoms with Gasteiger partial charge in [0.1, 0.15) is 31.3 Å². The smallest absolute Gasteiger partial charge is 0.335 e. The van der Waals surface area contributed by atoms with Crippen molar-refractivity contribution < 1.29 is 62.7 Å². The van der Waals surface area contributed by atoms with Crippen LogP contribution in [-0.4, -0.2) is 125 Å². The van der Waals surface area contributed by atoms with Gasteiger partial charge >= 0.3 is 11.9 Å². The van der Waals surface area contributed by atoms with Crippen LogP contribution in [0.1, 0.15) is 74.6 Å². The Hall–Kier alpha value is -4.12. The fourth-order valence-corrected chi connectivity index (χ4v) is 4.38. The fourth-order valence-electron chi connectivity index (χ4n) is 4.38. The second-order valence-electron chi connectivity index (χ2n) is 11.1. The van der Waals surface area contributed by atoms with Gasteiger partial charge in [-0.05, 0) is 43.5 Å².